The van der Waals surface area contributed by atoms with E-state index < -0.39 is 0 Å². The summed E-state index contributed by atoms with van der Waals surface area (Å²) >= 11 is 1.57. The third-order valence-electron chi connectivity index (χ3n) is 5.39. The van der Waals surface area contributed by atoms with Gasteiger partial charge in [-0.1, -0.05) is 11.8 Å². The molecule has 164 valence electrons. The largest absolute Gasteiger partial charge is 0.444 e. The van der Waals surface area contributed by atoms with E-state index in [4.69, 9.17) is 13.9 Å². The summed E-state index contributed by atoms with van der Waals surface area (Å²) in [6.07, 6.45) is 3.96. The van der Waals surface area contributed by atoms with Crippen LogP contribution in [0.4, 0.5) is 10.3 Å². The van der Waals surface area contributed by atoms with Crippen molar-refractivity contribution in [2.75, 3.05) is 37.8 Å². The molecule has 1 aromatic carbocycles. The molecule has 31 heavy (non-hydrogen) atoms. The molecule has 2 saturated heterocycles. The van der Waals surface area contributed by atoms with Crippen LogP contribution in [-0.4, -0.2) is 58.8 Å². The number of oxazole rings is 1. The van der Waals surface area contributed by atoms with Crippen LogP contribution >= 0.6 is 11.8 Å². The minimum Gasteiger partial charge on any atom is -0.444 e. The molecule has 0 bridgehead atoms. The molecule has 3 aromatic rings. The van der Waals surface area contributed by atoms with Crippen molar-refractivity contribution in [2.24, 2.45) is 0 Å². The fourth-order valence-corrected chi connectivity index (χ4v) is 4.59. The number of rotatable bonds is 7. The van der Waals surface area contributed by atoms with E-state index in [2.05, 4.69) is 24.6 Å². The molecular weight excluding hydrogens is 421 g/mol. The van der Waals surface area contributed by atoms with Gasteiger partial charge in [0.25, 0.3) is 0 Å². The number of aromatic nitrogens is 4. The molecular formula is C21H24FN5O3S. The van der Waals surface area contributed by atoms with Gasteiger partial charge in [0.2, 0.25) is 11.8 Å². The number of anilines is 1. The number of halogens is 1. The Balaban J connectivity index is 1.31. The Morgan fingerprint density at radius 3 is 2.71 bits per heavy atom. The molecule has 4 heterocycles. The first kappa shape index (κ1) is 20.5. The van der Waals surface area contributed by atoms with E-state index in [0.717, 1.165) is 61.4 Å². The van der Waals surface area contributed by atoms with Gasteiger partial charge in [-0.25, -0.2) is 9.37 Å². The van der Waals surface area contributed by atoms with Crippen LogP contribution in [0.5, 0.6) is 0 Å². The molecule has 0 N–H and O–H groups in total. The lowest BCUT2D eigenvalue weighted by molar-refractivity contribution is 0.0942. The molecule has 0 unspecified atom stereocenters. The van der Waals surface area contributed by atoms with Gasteiger partial charge < -0.3 is 18.8 Å². The summed E-state index contributed by atoms with van der Waals surface area (Å²) in [4.78, 5) is 6.76. The fraction of sp³-hybridized carbons (Fsp3) is 0.476. The first-order valence-electron chi connectivity index (χ1n) is 10.5. The molecule has 0 aliphatic carbocycles. The highest BCUT2D eigenvalue weighted by molar-refractivity contribution is 7.98. The Kier molecular flexibility index (Phi) is 6.19. The van der Waals surface area contributed by atoms with E-state index in [1.807, 2.05) is 0 Å². The lowest BCUT2D eigenvalue weighted by Gasteiger charge is -2.28. The first-order valence-corrected chi connectivity index (χ1v) is 11.5. The van der Waals surface area contributed by atoms with Crippen molar-refractivity contribution >= 4 is 17.7 Å². The zero-order valence-corrected chi connectivity index (χ0v) is 17.9. The molecule has 0 amide bonds. The second-order valence-corrected chi connectivity index (χ2v) is 8.51. The Labute approximate surface area is 183 Å². The highest BCUT2D eigenvalue weighted by atomic mass is 32.2. The zero-order valence-electron chi connectivity index (χ0n) is 17.1. The van der Waals surface area contributed by atoms with Gasteiger partial charge in [-0.05, 0) is 37.1 Å². The Morgan fingerprint density at radius 1 is 1.10 bits per heavy atom. The first-order chi connectivity index (χ1) is 15.3. The van der Waals surface area contributed by atoms with E-state index in [-0.39, 0.29) is 11.9 Å². The topological polar surface area (TPSA) is 78.4 Å². The maximum atomic E-state index is 13.1. The second-order valence-electron chi connectivity index (χ2n) is 7.57. The van der Waals surface area contributed by atoms with Crippen LogP contribution in [0.3, 0.4) is 0 Å². The number of hydrogen-bond donors (Lipinski definition) is 0. The average molecular weight is 446 g/mol. The number of hydrogen-bond acceptors (Lipinski definition) is 8. The molecule has 2 fully saturated rings. The smallest absolute Gasteiger partial charge is 0.228 e. The standard InChI is InChI=1S/C21H24FN5O3S/c22-16-5-3-15(4-6-16)19-23-17(13-30-19)14-31-21-25-24-20(26-7-10-28-11-8-26)27(21)12-18-2-1-9-29-18/h3-6,13,18H,1-2,7-12,14H2/t18-/m1/s1. The van der Waals surface area contributed by atoms with Crippen LogP contribution < -0.4 is 4.90 Å². The van der Waals surface area contributed by atoms with Crippen molar-refractivity contribution < 1.29 is 18.3 Å². The number of thioether (sulfide) groups is 1. The van der Waals surface area contributed by atoms with E-state index in [9.17, 15) is 4.39 Å². The van der Waals surface area contributed by atoms with Crippen molar-refractivity contribution in [3.63, 3.8) is 0 Å². The molecule has 8 nitrogen and oxygen atoms in total. The van der Waals surface area contributed by atoms with Gasteiger partial charge >= 0.3 is 0 Å². The van der Waals surface area contributed by atoms with Crippen molar-refractivity contribution in [3.8, 4) is 11.5 Å². The Morgan fingerprint density at radius 2 is 1.94 bits per heavy atom. The quantitative estimate of drug-likeness (QED) is 0.512. The monoisotopic (exact) mass is 445 g/mol. The van der Waals surface area contributed by atoms with Gasteiger partial charge in [0.05, 0.1) is 31.6 Å². The van der Waals surface area contributed by atoms with E-state index >= 15 is 0 Å². The van der Waals surface area contributed by atoms with Crippen LogP contribution in [0, 0.1) is 5.82 Å². The Bertz CT molecular complexity index is 997. The molecule has 2 aliphatic heterocycles. The number of morpholine rings is 1. The van der Waals surface area contributed by atoms with Gasteiger partial charge in [-0.3, -0.25) is 4.57 Å². The molecule has 0 spiro atoms. The lowest BCUT2D eigenvalue weighted by Crippen LogP contribution is -2.38. The third-order valence-corrected chi connectivity index (χ3v) is 6.39. The number of ether oxygens (including phenoxy) is 2. The van der Waals surface area contributed by atoms with Crippen LogP contribution in [0.15, 0.2) is 40.1 Å². The lowest BCUT2D eigenvalue weighted by atomic mass is 10.2. The van der Waals surface area contributed by atoms with Crippen molar-refractivity contribution in [2.45, 2.75) is 36.4 Å². The molecule has 2 aliphatic rings. The Hall–Kier alpha value is -2.43. The average Bonchev–Trinajstić information content (AvgIpc) is 3.56. The number of nitrogens with zero attached hydrogens (tertiary/aromatic N) is 5. The van der Waals surface area contributed by atoms with Gasteiger partial charge in [0, 0.05) is 31.0 Å². The van der Waals surface area contributed by atoms with Crippen LogP contribution in [-0.2, 0) is 21.8 Å². The maximum absolute atomic E-state index is 13.1. The van der Waals surface area contributed by atoms with E-state index in [1.165, 1.54) is 12.1 Å². The fourth-order valence-electron chi connectivity index (χ4n) is 3.77. The van der Waals surface area contributed by atoms with Crippen LogP contribution in [0.25, 0.3) is 11.5 Å². The summed E-state index contributed by atoms with van der Waals surface area (Å²) in [5, 5.41) is 9.78. The molecule has 0 radical (unpaired) electrons. The SMILES string of the molecule is Fc1ccc(-c2nc(CSc3nnc(N4CCOCC4)n3C[C@H]3CCCO3)co2)cc1. The summed E-state index contributed by atoms with van der Waals surface area (Å²) in [6, 6.07) is 6.11. The number of benzene rings is 1. The van der Waals surface area contributed by atoms with E-state index in [0.29, 0.717) is 24.9 Å². The molecule has 10 heteroatoms. The minimum absolute atomic E-state index is 0.187. The van der Waals surface area contributed by atoms with Crippen LogP contribution in [0.1, 0.15) is 18.5 Å². The van der Waals surface area contributed by atoms with Crippen LogP contribution in [0.2, 0.25) is 0 Å². The second kappa shape index (κ2) is 9.37. The molecule has 0 saturated carbocycles. The summed E-state index contributed by atoms with van der Waals surface area (Å²) < 4.78 is 32.2. The van der Waals surface area contributed by atoms with Gasteiger partial charge in [0.15, 0.2) is 5.16 Å². The molecule has 5 rings (SSSR count). The van der Waals surface area contributed by atoms with Crippen molar-refractivity contribution in [3.05, 3.63) is 42.0 Å². The minimum atomic E-state index is -0.285. The van der Waals surface area contributed by atoms with Crippen molar-refractivity contribution in [1.29, 1.82) is 0 Å². The predicted octanol–water partition coefficient (Wildman–Crippen LogP) is 3.38. The summed E-state index contributed by atoms with van der Waals surface area (Å²) in [7, 11) is 0. The van der Waals surface area contributed by atoms with Gasteiger partial charge in [-0.2, -0.15) is 0 Å². The normalized spacial score (nSPS) is 19.3. The van der Waals surface area contributed by atoms with E-state index in [1.54, 1.807) is 30.2 Å². The summed E-state index contributed by atoms with van der Waals surface area (Å²) in [5.41, 5.74) is 1.54. The maximum Gasteiger partial charge on any atom is 0.228 e. The van der Waals surface area contributed by atoms with Crippen molar-refractivity contribution in [1.82, 2.24) is 19.7 Å². The molecule has 1 atom stereocenters. The zero-order chi connectivity index (χ0) is 21.0. The van der Waals surface area contributed by atoms with Gasteiger partial charge in [0.1, 0.15) is 12.1 Å². The third kappa shape index (κ3) is 4.76. The highest BCUT2D eigenvalue weighted by Crippen LogP contribution is 2.28. The summed E-state index contributed by atoms with van der Waals surface area (Å²) in [5.74, 6) is 1.66. The molecule has 2 aromatic heterocycles. The predicted molar refractivity (Wildman–Crippen MR) is 113 cm³/mol. The summed E-state index contributed by atoms with van der Waals surface area (Å²) in [6.45, 7) is 4.55. The highest BCUT2D eigenvalue weighted by Gasteiger charge is 2.25. The van der Waals surface area contributed by atoms with Gasteiger partial charge in [-0.15, -0.1) is 10.2 Å².